The average Bonchev–Trinajstić information content (AvgIpc) is 2.28. The van der Waals surface area contributed by atoms with Crippen LogP contribution in [0.4, 0.5) is 5.82 Å². The standard InChI is InChI=1S/C11H13N3O/c1-9(5-6-12)14(2)11-10(8-15)4-3-7-13-11/h3-4,7-9H,5H2,1-2H3. The molecule has 0 N–H and O–H groups in total. The number of aromatic nitrogens is 1. The highest BCUT2D eigenvalue weighted by molar-refractivity contribution is 5.82. The summed E-state index contributed by atoms with van der Waals surface area (Å²) in [6.07, 6.45) is 2.82. The number of hydrogen-bond donors (Lipinski definition) is 0. The summed E-state index contributed by atoms with van der Waals surface area (Å²) in [6, 6.07) is 5.57. The third-order valence-electron chi connectivity index (χ3n) is 2.33. The molecule has 0 aromatic carbocycles. The molecule has 4 heteroatoms. The SMILES string of the molecule is CC(CC#N)N(C)c1ncccc1C=O. The number of pyridine rings is 1. The van der Waals surface area contributed by atoms with Gasteiger partial charge in [-0.05, 0) is 19.1 Å². The zero-order valence-electron chi connectivity index (χ0n) is 8.84. The molecule has 1 aromatic heterocycles. The molecular weight excluding hydrogens is 190 g/mol. The van der Waals surface area contributed by atoms with E-state index < -0.39 is 0 Å². The maximum atomic E-state index is 10.8. The number of hydrogen-bond acceptors (Lipinski definition) is 4. The van der Waals surface area contributed by atoms with Crippen molar-refractivity contribution in [1.29, 1.82) is 5.26 Å². The van der Waals surface area contributed by atoms with Gasteiger partial charge in [-0.3, -0.25) is 4.79 Å². The van der Waals surface area contributed by atoms with Crippen LogP contribution in [0, 0.1) is 11.3 Å². The van der Waals surface area contributed by atoms with Gasteiger partial charge in [-0.2, -0.15) is 5.26 Å². The van der Waals surface area contributed by atoms with E-state index in [1.54, 1.807) is 18.3 Å². The Hall–Kier alpha value is -1.89. The lowest BCUT2D eigenvalue weighted by molar-refractivity contribution is 0.112. The molecule has 0 amide bonds. The Kier molecular flexibility index (Phi) is 3.81. The van der Waals surface area contributed by atoms with Crippen LogP contribution < -0.4 is 4.90 Å². The molecular formula is C11H13N3O. The zero-order chi connectivity index (χ0) is 11.3. The van der Waals surface area contributed by atoms with Crippen LogP contribution in [0.2, 0.25) is 0 Å². The third-order valence-corrected chi connectivity index (χ3v) is 2.33. The van der Waals surface area contributed by atoms with Crippen molar-refractivity contribution in [3.8, 4) is 6.07 Å². The third kappa shape index (κ3) is 2.53. The molecule has 4 nitrogen and oxygen atoms in total. The first-order valence-corrected chi connectivity index (χ1v) is 4.70. The van der Waals surface area contributed by atoms with Crippen LogP contribution in [0.1, 0.15) is 23.7 Å². The van der Waals surface area contributed by atoms with E-state index in [2.05, 4.69) is 11.1 Å². The van der Waals surface area contributed by atoms with Gasteiger partial charge in [0.25, 0.3) is 0 Å². The van der Waals surface area contributed by atoms with Crippen molar-refractivity contribution >= 4 is 12.1 Å². The number of carbonyl (C=O) groups is 1. The van der Waals surface area contributed by atoms with Crippen LogP contribution in [0.15, 0.2) is 18.3 Å². The van der Waals surface area contributed by atoms with Crippen molar-refractivity contribution in [2.45, 2.75) is 19.4 Å². The van der Waals surface area contributed by atoms with E-state index in [-0.39, 0.29) is 6.04 Å². The Morgan fingerprint density at radius 2 is 2.47 bits per heavy atom. The number of nitrogens with zero attached hydrogens (tertiary/aromatic N) is 3. The van der Waals surface area contributed by atoms with Gasteiger partial charge in [0.1, 0.15) is 5.82 Å². The molecule has 1 heterocycles. The Bertz CT molecular complexity index is 384. The number of anilines is 1. The number of nitriles is 1. The largest absolute Gasteiger partial charge is 0.355 e. The second-order valence-electron chi connectivity index (χ2n) is 3.36. The molecule has 1 rings (SSSR count). The predicted octanol–water partition coefficient (Wildman–Crippen LogP) is 1.63. The van der Waals surface area contributed by atoms with Gasteiger partial charge in [0.2, 0.25) is 0 Å². The second kappa shape index (κ2) is 5.11. The minimum Gasteiger partial charge on any atom is -0.355 e. The summed E-state index contributed by atoms with van der Waals surface area (Å²) in [6.45, 7) is 1.92. The smallest absolute Gasteiger partial charge is 0.153 e. The molecule has 0 radical (unpaired) electrons. The fraction of sp³-hybridized carbons (Fsp3) is 0.364. The van der Waals surface area contributed by atoms with E-state index in [1.165, 1.54) is 0 Å². The van der Waals surface area contributed by atoms with E-state index in [9.17, 15) is 4.79 Å². The van der Waals surface area contributed by atoms with Gasteiger partial charge < -0.3 is 4.90 Å². The molecule has 0 aliphatic heterocycles. The lowest BCUT2D eigenvalue weighted by atomic mass is 10.2. The Morgan fingerprint density at radius 3 is 3.07 bits per heavy atom. The van der Waals surface area contributed by atoms with Crippen LogP contribution in [-0.2, 0) is 0 Å². The molecule has 0 saturated heterocycles. The van der Waals surface area contributed by atoms with Crippen LogP contribution in [0.3, 0.4) is 0 Å². The van der Waals surface area contributed by atoms with Gasteiger partial charge >= 0.3 is 0 Å². The number of aldehydes is 1. The van der Waals surface area contributed by atoms with Crippen molar-refractivity contribution in [3.05, 3.63) is 23.9 Å². The fourth-order valence-electron chi connectivity index (χ4n) is 1.27. The molecule has 0 aliphatic rings. The summed E-state index contributed by atoms with van der Waals surface area (Å²) in [5.74, 6) is 0.621. The summed E-state index contributed by atoms with van der Waals surface area (Å²) < 4.78 is 0. The highest BCUT2D eigenvalue weighted by Gasteiger charge is 2.13. The van der Waals surface area contributed by atoms with Crippen molar-refractivity contribution in [3.63, 3.8) is 0 Å². The van der Waals surface area contributed by atoms with E-state index >= 15 is 0 Å². The molecule has 0 fully saturated rings. The van der Waals surface area contributed by atoms with Gasteiger partial charge in [-0.25, -0.2) is 4.98 Å². The van der Waals surface area contributed by atoms with Gasteiger partial charge in [-0.15, -0.1) is 0 Å². The minimum atomic E-state index is 0.0450. The van der Waals surface area contributed by atoms with Crippen LogP contribution in [0.5, 0.6) is 0 Å². The second-order valence-corrected chi connectivity index (χ2v) is 3.36. The summed E-state index contributed by atoms with van der Waals surface area (Å²) in [5, 5.41) is 8.59. The molecule has 1 aromatic rings. The van der Waals surface area contributed by atoms with Gasteiger partial charge in [-0.1, -0.05) is 0 Å². The van der Waals surface area contributed by atoms with Crippen LogP contribution in [-0.4, -0.2) is 24.4 Å². The Labute approximate surface area is 89.2 Å². The van der Waals surface area contributed by atoms with Crippen molar-refractivity contribution < 1.29 is 4.79 Å². The predicted molar refractivity (Wildman–Crippen MR) is 57.7 cm³/mol. The molecule has 15 heavy (non-hydrogen) atoms. The highest BCUT2D eigenvalue weighted by atomic mass is 16.1. The zero-order valence-corrected chi connectivity index (χ0v) is 8.84. The number of carbonyl (C=O) groups excluding carboxylic acids is 1. The van der Waals surface area contributed by atoms with Gasteiger partial charge in [0, 0.05) is 19.3 Å². The summed E-state index contributed by atoms with van der Waals surface area (Å²) in [5.41, 5.74) is 0.546. The molecule has 0 bridgehead atoms. The Balaban J connectivity index is 2.95. The van der Waals surface area contributed by atoms with E-state index in [4.69, 9.17) is 5.26 Å². The quantitative estimate of drug-likeness (QED) is 0.698. The summed E-state index contributed by atoms with van der Waals surface area (Å²) in [4.78, 5) is 16.8. The monoisotopic (exact) mass is 203 g/mol. The first-order chi connectivity index (χ1) is 7.20. The average molecular weight is 203 g/mol. The van der Waals surface area contributed by atoms with Crippen molar-refractivity contribution in [2.75, 3.05) is 11.9 Å². The van der Waals surface area contributed by atoms with Crippen LogP contribution in [0.25, 0.3) is 0 Å². The number of rotatable bonds is 4. The lowest BCUT2D eigenvalue weighted by Crippen LogP contribution is -2.30. The van der Waals surface area contributed by atoms with E-state index in [0.717, 1.165) is 6.29 Å². The van der Waals surface area contributed by atoms with Gasteiger partial charge in [0.15, 0.2) is 6.29 Å². The highest BCUT2D eigenvalue weighted by Crippen LogP contribution is 2.16. The Morgan fingerprint density at radius 1 is 1.73 bits per heavy atom. The van der Waals surface area contributed by atoms with Crippen molar-refractivity contribution in [1.82, 2.24) is 4.98 Å². The summed E-state index contributed by atoms with van der Waals surface area (Å²) >= 11 is 0. The molecule has 1 unspecified atom stereocenters. The molecule has 0 aliphatic carbocycles. The van der Waals surface area contributed by atoms with E-state index in [0.29, 0.717) is 17.8 Å². The summed E-state index contributed by atoms with van der Waals surface area (Å²) in [7, 11) is 1.83. The minimum absolute atomic E-state index is 0.0450. The fourth-order valence-corrected chi connectivity index (χ4v) is 1.27. The van der Waals surface area contributed by atoms with Crippen molar-refractivity contribution in [2.24, 2.45) is 0 Å². The molecule has 0 saturated carbocycles. The molecule has 1 atom stereocenters. The first-order valence-electron chi connectivity index (χ1n) is 4.70. The van der Waals surface area contributed by atoms with Gasteiger partial charge in [0.05, 0.1) is 18.1 Å². The first kappa shape index (κ1) is 11.2. The molecule has 0 spiro atoms. The van der Waals surface area contributed by atoms with E-state index in [1.807, 2.05) is 18.9 Å². The maximum Gasteiger partial charge on any atom is 0.153 e. The normalized spacial score (nSPS) is 11.5. The van der Waals surface area contributed by atoms with Crippen LogP contribution >= 0.6 is 0 Å². The molecule has 78 valence electrons. The topological polar surface area (TPSA) is 57.0 Å². The maximum absolute atomic E-state index is 10.8. The lowest BCUT2D eigenvalue weighted by Gasteiger charge is -2.24.